The number of hydrogen-bond acceptors (Lipinski definition) is 4. The molecule has 2 aromatic heterocycles. The third-order valence-corrected chi connectivity index (χ3v) is 3.77. The number of nitrogens with zero attached hydrogens (tertiary/aromatic N) is 1. The van der Waals surface area contributed by atoms with Gasteiger partial charge in [-0.3, -0.25) is 10.8 Å². The van der Waals surface area contributed by atoms with Crippen molar-refractivity contribution >= 4 is 22.6 Å². The number of rotatable bonds is 5. The highest BCUT2D eigenvalue weighted by Crippen LogP contribution is 2.30. The molecular formula is C16H16ClN3O. The summed E-state index contributed by atoms with van der Waals surface area (Å²) < 4.78 is 5.85. The van der Waals surface area contributed by atoms with Gasteiger partial charge in [0.15, 0.2) is 5.58 Å². The van der Waals surface area contributed by atoms with Crippen molar-refractivity contribution in [2.75, 3.05) is 0 Å². The van der Waals surface area contributed by atoms with Crippen LogP contribution < -0.4 is 11.3 Å². The Kier molecular flexibility index (Phi) is 4.20. The molecule has 1 unspecified atom stereocenters. The third kappa shape index (κ3) is 3.08. The Morgan fingerprint density at radius 1 is 1.24 bits per heavy atom. The summed E-state index contributed by atoms with van der Waals surface area (Å²) in [7, 11) is 0. The second-order valence-corrected chi connectivity index (χ2v) is 5.29. The normalized spacial score (nSPS) is 12.7. The van der Waals surface area contributed by atoms with Crippen molar-refractivity contribution in [2.45, 2.75) is 18.9 Å². The quantitative estimate of drug-likeness (QED) is 0.558. The van der Waals surface area contributed by atoms with E-state index in [0.29, 0.717) is 10.6 Å². The van der Waals surface area contributed by atoms with Gasteiger partial charge in [0.1, 0.15) is 5.76 Å². The molecule has 2 heterocycles. The van der Waals surface area contributed by atoms with E-state index in [1.54, 1.807) is 6.20 Å². The largest absolute Gasteiger partial charge is 0.458 e. The Hall–Kier alpha value is -1.88. The number of aromatic nitrogens is 1. The zero-order valence-corrected chi connectivity index (χ0v) is 12.2. The minimum Gasteiger partial charge on any atom is -0.458 e. The Morgan fingerprint density at radius 3 is 2.86 bits per heavy atom. The molecule has 108 valence electrons. The van der Waals surface area contributed by atoms with Crippen LogP contribution in [-0.2, 0) is 6.42 Å². The molecule has 3 aromatic rings. The van der Waals surface area contributed by atoms with Crippen LogP contribution in [0.1, 0.15) is 23.9 Å². The highest BCUT2D eigenvalue weighted by atomic mass is 35.5. The van der Waals surface area contributed by atoms with Gasteiger partial charge in [-0.2, -0.15) is 0 Å². The van der Waals surface area contributed by atoms with Gasteiger partial charge in [0, 0.05) is 17.3 Å². The number of para-hydroxylation sites is 1. The summed E-state index contributed by atoms with van der Waals surface area (Å²) in [6, 6.07) is 13.5. The summed E-state index contributed by atoms with van der Waals surface area (Å²) in [5.74, 6) is 6.45. The van der Waals surface area contributed by atoms with E-state index in [9.17, 15) is 0 Å². The number of furan rings is 1. The topological polar surface area (TPSA) is 64.1 Å². The smallest absolute Gasteiger partial charge is 0.152 e. The standard InChI is InChI=1S/C16H16ClN3O/c17-13-6-3-4-11-10-15(21-16(11)13)14(20-18)8-7-12-5-1-2-9-19-12/h1-6,9-10,14,20H,7-8,18H2. The SMILES string of the molecule is NNC(CCc1ccccn1)c1cc2cccc(Cl)c2o1. The van der Waals surface area contributed by atoms with Crippen molar-refractivity contribution in [1.82, 2.24) is 10.4 Å². The van der Waals surface area contributed by atoms with Gasteiger partial charge in [-0.05, 0) is 37.1 Å². The van der Waals surface area contributed by atoms with Crippen LogP contribution in [0.25, 0.3) is 11.0 Å². The van der Waals surface area contributed by atoms with Gasteiger partial charge in [0.25, 0.3) is 0 Å². The Labute approximate surface area is 127 Å². The number of hydrogen-bond donors (Lipinski definition) is 2. The second kappa shape index (κ2) is 6.26. The number of nitrogens with one attached hydrogen (secondary N) is 1. The zero-order chi connectivity index (χ0) is 14.7. The summed E-state index contributed by atoms with van der Waals surface area (Å²) >= 11 is 6.14. The Morgan fingerprint density at radius 2 is 2.14 bits per heavy atom. The van der Waals surface area contributed by atoms with Gasteiger partial charge >= 0.3 is 0 Å². The van der Waals surface area contributed by atoms with Crippen molar-refractivity contribution in [1.29, 1.82) is 0 Å². The van der Waals surface area contributed by atoms with Crippen molar-refractivity contribution in [2.24, 2.45) is 5.84 Å². The minimum atomic E-state index is -0.0736. The van der Waals surface area contributed by atoms with Crippen LogP contribution in [0.5, 0.6) is 0 Å². The van der Waals surface area contributed by atoms with Crippen LogP contribution in [0.3, 0.4) is 0 Å². The molecule has 0 fully saturated rings. The molecule has 0 aliphatic heterocycles. The van der Waals surface area contributed by atoms with Crippen molar-refractivity contribution in [3.8, 4) is 0 Å². The van der Waals surface area contributed by atoms with Gasteiger partial charge in [0.2, 0.25) is 0 Å². The first kappa shape index (κ1) is 14.1. The highest BCUT2D eigenvalue weighted by molar-refractivity contribution is 6.34. The van der Waals surface area contributed by atoms with Crippen LogP contribution in [0.2, 0.25) is 5.02 Å². The molecule has 0 radical (unpaired) electrons. The van der Waals surface area contributed by atoms with E-state index in [1.807, 2.05) is 42.5 Å². The first-order valence-corrected chi connectivity index (χ1v) is 7.19. The molecule has 1 aromatic carbocycles. The van der Waals surface area contributed by atoms with E-state index in [-0.39, 0.29) is 6.04 Å². The zero-order valence-electron chi connectivity index (χ0n) is 11.4. The molecule has 0 aliphatic rings. The maximum absolute atomic E-state index is 6.14. The summed E-state index contributed by atoms with van der Waals surface area (Å²) in [6.45, 7) is 0. The van der Waals surface area contributed by atoms with Crippen LogP contribution in [0.4, 0.5) is 0 Å². The Balaban J connectivity index is 1.80. The number of aryl methyl sites for hydroxylation is 1. The lowest BCUT2D eigenvalue weighted by Crippen LogP contribution is -2.28. The molecule has 0 spiro atoms. The highest BCUT2D eigenvalue weighted by Gasteiger charge is 2.16. The fraction of sp³-hybridized carbons (Fsp3) is 0.188. The van der Waals surface area contributed by atoms with E-state index in [4.69, 9.17) is 21.9 Å². The van der Waals surface area contributed by atoms with E-state index < -0.39 is 0 Å². The number of halogens is 1. The van der Waals surface area contributed by atoms with Gasteiger partial charge in [-0.25, -0.2) is 5.43 Å². The van der Waals surface area contributed by atoms with E-state index in [1.165, 1.54) is 0 Å². The third-order valence-electron chi connectivity index (χ3n) is 3.48. The fourth-order valence-electron chi connectivity index (χ4n) is 2.37. The number of fused-ring (bicyclic) bond motifs is 1. The van der Waals surface area contributed by atoms with Crippen LogP contribution in [-0.4, -0.2) is 4.98 Å². The van der Waals surface area contributed by atoms with Crippen molar-refractivity contribution in [3.63, 3.8) is 0 Å². The molecule has 21 heavy (non-hydrogen) atoms. The van der Waals surface area contributed by atoms with Crippen molar-refractivity contribution in [3.05, 3.63) is 65.1 Å². The first-order valence-electron chi connectivity index (χ1n) is 6.82. The molecule has 3 rings (SSSR count). The average Bonchev–Trinajstić information content (AvgIpc) is 2.94. The molecule has 1 atom stereocenters. The molecule has 0 amide bonds. The van der Waals surface area contributed by atoms with Gasteiger partial charge in [0.05, 0.1) is 11.1 Å². The predicted molar refractivity (Wildman–Crippen MR) is 83.8 cm³/mol. The summed E-state index contributed by atoms with van der Waals surface area (Å²) in [5, 5.41) is 1.59. The van der Waals surface area contributed by atoms with Crippen LogP contribution in [0, 0.1) is 0 Å². The first-order chi connectivity index (χ1) is 10.3. The number of hydrazine groups is 1. The van der Waals surface area contributed by atoms with E-state index in [2.05, 4.69) is 10.4 Å². The van der Waals surface area contributed by atoms with Crippen molar-refractivity contribution < 1.29 is 4.42 Å². The summed E-state index contributed by atoms with van der Waals surface area (Å²) in [4.78, 5) is 4.32. The van der Waals surface area contributed by atoms with Gasteiger partial charge in [-0.15, -0.1) is 0 Å². The van der Waals surface area contributed by atoms with Crippen LogP contribution >= 0.6 is 11.6 Å². The molecule has 0 bridgehead atoms. The maximum Gasteiger partial charge on any atom is 0.152 e. The summed E-state index contributed by atoms with van der Waals surface area (Å²) in [6.07, 6.45) is 3.41. The predicted octanol–water partition coefficient (Wildman–Crippen LogP) is 3.62. The number of pyridine rings is 1. The van der Waals surface area contributed by atoms with Crippen LogP contribution in [0.15, 0.2) is 53.1 Å². The molecule has 4 nitrogen and oxygen atoms in total. The fourth-order valence-corrected chi connectivity index (χ4v) is 2.59. The van der Waals surface area contributed by atoms with E-state index >= 15 is 0 Å². The van der Waals surface area contributed by atoms with Gasteiger partial charge in [-0.1, -0.05) is 29.8 Å². The number of benzene rings is 1. The molecule has 0 aliphatic carbocycles. The molecule has 3 N–H and O–H groups in total. The maximum atomic E-state index is 6.14. The monoisotopic (exact) mass is 301 g/mol. The lowest BCUT2D eigenvalue weighted by atomic mass is 10.1. The number of nitrogens with two attached hydrogens (primary N) is 1. The molecule has 0 saturated heterocycles. The lowest BCUT2D eigenvalue weighted by Gasteiger charge is -2.12. The Bertz CT molecular complexity index is 727. The van der Waals surface area contributed by atoms with Gasteiger partial charge < -0.3 is 4.42 Å². The van der Waals surface area contributed by atoms with E-state index in [0.717, 1.165) is 29.7 Å². The molecular weight excluding hydrogens is 286 g/mol. The molecule has 0 saturated carbocycles. The second-order valence-electron chi connectivity index (χ2n) is 4.89. The minimum absolute atomic E-state index is 0.0736. The molecule has 5 heteroatoms. The lowest BCUT2D eigenvalue weighted by molar-refractivity contribution is 0.416. The average molecular weight is 302 g/mol. The summed E-state index contributed by atoms with van der Waals surface area (Å²) in [5.41, 5.74) is 4.54.